The van der Waals surface area contributed by atoms with Gasteiger partial charge in [-0.05, 0) is 19.1 Å². The number of carbonyl (C=O) groups is 1. The number of hydrogen-bond acceptors (Lipinski definition) is 2. The van der Waals surface area contributed by atoms with E-state index in [2.05, 4.69) is 15.9 Å². The van der Waals surface area contributed by atoms with Crippen molar-refractivity contribution < 1.29 is 9.53 Å². The third kappa shape index (κ3) is 1.36. The van der Waals surface area contributed by atoms with Crippen LogP contribution in [-0.4, -0.2) is 5.97 Å². The standard InChI is InChI=1S/C9H6BrClO2/c1-4-6-2-5(10)3-7(11)8(6)9(12)13-4/h2-4H,1H3. The molecule has 2 nitrogen and oxygen atoms in total. The predicted octanol–water partition coefficient (Wildman–Crippen LogP) is 3.33. The number of halogens is 2. The lowest BCUT2D eigenvalue weighted by Crippen LogP contribution is -1.95. The zero-order valence-electron chi connectivity index (χ0n) is 6.80. The molecule has 0 spiro atoms. The van der Waals surface area contributed by atoms with Gasteiger partial charge in [0.25, 0.3) is 0 Å². The summed E-state index contributed by atoms with van der Waals surface area (Å²) in [6.07, 6.45) is -0.197. The Hall–Kier alpha value is -0.540. The van der Waals surface area contributed by atoms with Crippen LogP contribution in [0.3, 0.4) is 0 Å². The first kappa shape index (κ1) is 9.03. The molecular formula is C9H6BrClO2. The Morgan fingerprint density at radius 1 is 1.54 bits per heavy atom. The normalized spacial score (nSPS) is 19.9. The first-order chi connectivity index (χ1) is 6.09. The predicted molar refractivity (Wildman–Crippen MR) is 53.0 cm³/mol. The minimum absolute atomic E-state index is 0.197. The number of cyclic esters (lactones) is 1. The number of rotatable bonds is 0. The van der Waals surface area contributed by atoms with Crippen molar-refractivity contribution in [2.45, 2.75) is 13.0 Å². The summed E-state index contributed by atoms with van der Waals surface area (Å²) in [6, 6.07) is 3.55. The van der Waals surface area contributed by atoms with Crippen molar-refractivity contribution in [3.8, 4) is 0 Å². The Bertz CT molecular complexity index is 389. The van der Waals surface area contributed by atoms with Crippen LogP contribution in [0, 0.1) is 0 Å². The van der Waals surface area contributed by atoms with Gasteiger partial charge in [-0.2, -0.15) is 0 Å². The second kappa shape index (κ2) is 3.00. The molecule has 0 aromatic heterocycles. The lowest BCUT2D eigenvalue weighted by atomic mass is 10.1. The topological polar surface area (TPSA) is 26.3 Å². The molecule has 68 valence electrons. The Morgan fingerprint density at radius 3 is 2.92 bits per heavy atom. The molecule has 0 radical (unpaired) electrons. The maximum absolute atomic E-state index is 11.3. The lowest BCUT2D eigenvalue weighted by Gasteiger charge is -2.02. The van der Waals surface area contributed by atoms with Crippen LogP contribution >= 0.6 is 27.5 Å². The number of hydrogen-bond donors (Lipinski definition) is 0. The van der Waals surface area contributed by atoms with E-state index in [1.165, 1.54) is 0 Å². The van der Waals surface area contributed by atoms with Crippen molar-refractivity contribution in [2.24, 2.45) is 0 Å². The van der Waals surface area contributed by atoms with Gasteiger partial charge in [0.2, 0.25) is 0 Å². The lowest BCUT2D eigenvalue weighted by molar-refractivity contribution is 0.0422. The molecule has 0 aliphatic carbocycles. The van der Waals surface area contributed by atoms with Crippen molar-refractivity contribution in [3.05, 3.63) is 32.8 Å². The second-order valence-corrected chi connectivity index (χ2v) is 4.22. The van der Waals surface area contributed by atoms with E-state index < -0.39 is 0 Å². The third-order valence-electron chi connectivity index (χ3n) is 2.01. The number of ether oxygens (including phenoxy) is 1. The first-order valence-electron chi connectivity index (χ1n) is 3.79. The SMILES string of the molecule is CC1OC(=O)c2c(Cl)cc(Br)cc21. The average molecular weight is 262 g/mol. The van der Waals surface area contributed by atoms with Gasteiger partial charge in [0, 0.05) is 10.0 Å². The van der Waals surface area contributed by atoms with Gasteiger partial charge in [0.1, 0.15) is 6.10 Å². The highest BCUT2D eigenvalue weighted by Crippen LogP contribution is 2.36. The second-order valence-electron chi connectivity index (χ2n) is 2.90. The third-order valence-corrected chi connectivity index (χ3v) is 2.77. The summed E-state index contributed by atoms with van der Waals surface area (Å²) >= 11 is 9.22. The molecule has 0 amide bonds. The van der Waals surface area contributed by atoms with Crippen molar-refractivity contribution in [3.63, 3.8) is 0 Å². The summed E-state index contributed by atoms with van der Waals surface area (Å²) in [5, 5.41) is 0.443. The zero-order valence-corrected chi connectivity index (χ0v) is 9.15. The van der Waals surface area contributed by atoms with Gasteiger partial charge in [-0.25, -0.2) is 4.79 Å². The maximum Gasteiger partial charge on any atom is 0.340 e. The molecule has 1 aliphatic heterocycles. The molecule has 1 aromatic rings. The van der Waals surface area contributed by atoms with Crippen LogP contribution in [-0.2, 0) is 4.74 Å². The van der Waals surface area contributed by atoms with Crippen molar-refractivity contribution in [1.82, 2.24) is 0 Å². The minimum Gasteiger partial charge on any atom is -0.454 e. The fourth-order valence-electron chi connectivity index (χ4n) is 1.41. The van der Waals surface area contributed by atoms with E-state index >= 15 is 0 Å². The molecule has 1 aliphatic rings. The van der Waals surface area contributed by atoms with Crippen LogP contribution in [0.4, 0.5) is 0 Å². The van der Waals surface area contributed by atoms with Gasteiger partial charge < -0.3 is 4.74 Å². The Kier molecular flexibility index (Phi) is 2.08. The van der Waals surface area contributed by atoms with Crippen LogP contribution in [0.5, 0.6) is 0 Å². The van der Waals surface area contributed by atoms with Crippen LogP contribution in [0.25, 0.3) is 0 Å². The number of benzene rings is 1. The molecular weight excluding hydrogens is 255 g/mol. The van der Waals surface area contributed by atoms with Gasteiger partial charge in [-0.1, -0.05) is 27.5 Å². The Balaban J connectivity index is 2.69. The highest BCUT2D eigenvalue weighted by atomic mass is 79.9. The van der Waals surface area contributed by atoms with E-state index in [0.29, 0.717) is 10.6 Å². The van der Waals surface area contributed by atoms with E-state index in [0.717, 1.165) is 10.0 Å². The van der Waals surface area contributed by atoms with Gasteiger partial charge in [0.15, 0.2) is 0 Å². The van der Waals surface area contributed by atoms with Crippen LogP contribution < -0.4 is 0 Å². The number of esters is 1. The van der Waals surface area contributed by atoms with Gasteiger partial charge in [-0.15, -0.1) is 0 Å². The molecule has 13 heavy (non-hydrogen) atoms. The summed E-state index contributed by atoms with van der Waals surface area (Å²) < 4.78 is 5.89. The fraction of sp³-hybridized carbons (Fsp3) is 0.222. The Labute approximate surface area is 89.0 Å². The summed E-state index contributed by atoms with van der Waals surface area (Å²) in [6.45, 7) is 1.83. The highest BCUT2D eigenvalue weighted by Gasteiger charge is 2.30. The average Bonchev–Trinajstić information content (AvgIpc) is 2.27. The summed E-state index contributed by atoms with van der Waals surface area (Å²) in [7, 11) is 0. The summed E-state index contributed by atoms with van der Waals surface area (Å²) in [4.78, 5) is 11.3. The largest absolute Gasteiger partial charge is 0.454 e. The molecule has 2 rings (SSSR count). The van der Waals surface area contributed by atoms with Crippen molar-refractivity contribution in [1.29, 1.82) is 0 Å². The maximum atomic E-state index is 11.3. The van der Waals surface area contributed by atoms with E-state index in [4.69, 9.17) is 16.3 Å². The zero-order chi connectivity index (χ0) is 9.59. The molecule has 0 bridgehead atoms. The molecule has 0 N–H and O–H groups in total. The van der Waals surface area contributed by atoms with Gasteiger partial charge >= 0.3 is 5.97 Å². The molecule has 0 saturated heterocycles. The molecule has 1 heterocycles. The van der Waals surface area contributed by atoms with Crippen molar-refractivity contribution in [2.75, 3.05) is 0 Å². The minimum atomic E-state index is -0.333. The van der Waals surface area contributed by atoms with Gasteiger partial charge in [-0.3, -0.25) is 0 Å². The number of carbonyl (C=O) groups excluding carboxylic acids is 1. The molecule has 1 aromatic carbocycles. The summed E-state index contributed by atoms with van der Waals surface area (Å²) in [5.74, 6) is -0.333. The highest BCUT2D eigenvalue weighted by molar-refractivity contribution is 9.10. The molecule has 4 heteroatoms. The van der Waals surface area contributed by atoms with Gasteiger partial charge in [0.05, 0.1) is 10.6 Å². The first-order valence-corrected chi connectivity index (χ1v) is 4.96. The number of fused-ring (bicyclic) bond motifs is 1. The van der Waals surface area contributed by atoms with E-state index in [9.17, 15) is 4.79 Å². The molecule has 0 saturated carbocycles. The molecule has 1 unspecified atom stereocenters. The molecule has 1 atom stereocenters. The van der Waals surface area contributed by atoms with Crippen LogP contribution in [0.15, 0.2) is 16.6 Å². The monoisotopic (exact) mass is 260 g/mol. The van der Waals surface area contributed by atoms with Crippen LogP contribution in [0.2, 0.25) is 5.02 Å². The fourth-order valence-corrected chi connectivity index (χ4v) is 2.32. The van der Waals surface area contributed by atoms with E-state index in [-0.39, 0.29) is 12.1 Å². The summed E-state index contributed by atoms with van der Waals surface area (Å²) in [5.41, 5.74) is 1.35. The smallest absolute Gasteiger partial charge is 0.340 e. The molecule has 0 fully saturated rings. The van der Waals surface area contributed by atoms with Crippen molar-refractivity contribution >= 4 is 33.5 Å². The van der Waals surface area contributed by atoms with Crippen LogP contribution in [0.1, 0.15) is 28.9 Å². The quantitative estimate of drug-likeness (QED) is 0.670. The van der Waals surface area contributed by atoms with E-state index in [1.54, 1.807) is 6.07 Å². The van der Waals surface area contributed by atoms with E-state index in [1.807, 2.05) is 13.0 Å². The Morgan fingerprint density at radius 2 is 2.23 bits per heavy atom.